The normalized spacial score (nSPS) is 11.4. The largest absolute Gasteiger partial charge is 0.355 e. The van der Waals surface area contributed by atoms with Crippen LogP contribution in [0.1, 0.15) is 25.8 Å². The van der Waals surface area contributed by atoms with Crippen molar-refractivity contribution in [3.05, 3.63) is 35.4 Å². The summed E-state index contributed by atoms with van der Waals surface area (Å²) in [6, 6.07) is 3.51. The van der Waals surface area contributed by atoms with Gasteiger partial charge in [-0.1, -0.05) is 35.8 Å². The molecule has 0 fully saturated rings. The fourth-order valence-corrected chi connectivity index (χ4v) is 2.65. The number of carbonyl (C=O) groups is 1. The second kappa shape index (κ2) is 6.98. The Morgan fingerprint density at radius 1 is 1.32 bits per heavy atom. The molecule has 0 aromatic heterocycles. The van der Waals surface area contributed by atoms with Crippen LogP contribution in [0.2, 0.25) is 0 Å². The lowest BCUT2D eigenvalue weighted by molar-refractivity contribution is -0.120. The van der Waals surface area contributed by atoms with Crippen LogP contribution in [0.4, 0.5) is 8.78 Å². The highest BCUT2D eigenvalue weighted by Crippen LogP contribution is 2.20. The molecule has 0 radical (unpaired) electrons. The van der Waals surface area contributed by atoms with Crippen molar-refractivity contribution in [2.24, 2.45) is 5.41 Å². The number of hydrogen-bond donors (Lipinski definition) is 1. The molecule has 106 valence electrons. The van der Waals surface area contributed by atoms with Crippen LogP contribution in [0.25, 0.3) is 0 Å². The maximum absolute atomic E-state index is 13.0. The van der Waals surface area contributed by atoms with E-state index in [9.17, 15) is 13.6 Å². The molecule has 0 aliphatic rings. The number of benzene rings is 1. The van der Waals surface area contributed by atoms with Gasteiger partial charge in [0, 0.05) is 11.9 Å². The van der Waals surface area contributed by atoms with Crippen molar-refractivity contribution in [1.29, 1.82) is 0 Å². The van der Waals surface area contributed by atoms with Crippen molar-refractivity contribution in [2.45, 2.75) is 26.7 Å². The van der Waals surface area contributed by atoms with Crippen LogP contribution in [-0.4, -0.2) is 17.8 Å². The Hall–Kier alpha value is -0.970. The second-order valence-electron chi connectivity index (χ2n) is 5.31. The zero-order chi connectivity index (χ0) is 14.5. The summed E-state index contributed by atoms with van der Waals surface area (Å²) < 4.78 is 25.7. The van der Waals surface area contributed by atoms with Gasteiger partial charge >= 0.3 is 0 Å². The van der Waals surface area contributed by atoms with Gasteiger partial charge in [-0.15, -0.1) is 0 Å². The lowest BCUT2D eigenvalue weighted by Crippen LogP contribution is -2.35. The number of carbonyl (C=O) groups excluding carboxylic acids is 1. The fraction of sp³-hybridized carbons (Fsp3) is 0.500. The Morgan fingerprint density at radius 3 is 2.58 bits per heavy atom. The molecule has 0 atom stereocenters. The first kappa shape index (κ1) is 16.1. The van der Waals surface area contributed by atoms with Gasteiger partial charge < -0.3 is 5.32 Å². The van der Waals surface area contributed by atoms with Crippen LogP contribution in [0.5, 0.6) is 0 Å². The van der Waals surface area contributed by atoms with Crippen molar-refractivity contribution in [1.82, 2.24) is 5.32 Å². The van der Waals surface area contributed by atoms with Crippen molar-refractivity contribution < 1.29 is 13.6 Å². The van der Waals surface area contributed by atoms with E-state index >= 15 is 0 Å². The van der Waals surface area contributed by atoms with Gasteiger partial charge in [0.05, 0.1) is 6.42 Å². The first-order valence-electron chi connectivity index (χ1n) is 6.11. The number of alkyl halides is 1. The lowest BCUT2D eigenvalue weighted by atomic mass is 9.90. The molecule has 5 heteroatoms. The molecule has 1 rings (SSSR count). The van der Waals surface area contributed by atoms with Crippen molar-refractivity contribution in [3.63, 3.8) is 0 Å². The van der Waals surface area contributed by atoms with E-state index in [1.54, 1.807) is 0 Å². The Labute approximate surface area is 120 Å². The van der Waals surface area contributed by atoms with Crippen molar-refractivity contribution in [2.75, 3.05) is 11.9 Å². The Kier molecular flexibility index (Phi) is 5.91. The zero-order valence-corrected chi connectivity index (χ0v) is 12.7. The van der Waals surface area contributed by atoms with Crippen molar-refractivity contribution >= 4 is 21.8 Å². The summed E-state index contributed by atoms with van der Waals surface area (Å²) >= 11 is 3.37. The third-order valence-electron chi connectivity index (χ3n) is 2.88. The lowest BCUT2D eigenvalue weighted by Gasteiger charge is -2.23. The molecule has 2 nitrogen and oxygen atoms in total. The van der Waals surface area contributed by atoms with E-state index in [1.807, 2.05) is 0 Å². The van der Waals surface area contributed by atoms with E-state index in [-0.39, 0.29) is 17.7 Å². The highest BCUT2D eigenvalue weighted by Gasteiger charge is 2.18. The van der Waals surface area contributed by atoms with Crippen LogP contribution >= 0.6 is 15.9 Å². The number of amides is 1. The summed E-state index contributed by atoms with van der Waals surface area (Å²) in [4.78, 5) is 11.7. The fourth-order valence-electron chi connectivity index (χ4n) is 1.58. The van der Waals surface area contributed by atoms with Gasteiger partial charge in [0.25, 0.3) is 0 Å². The average molecular weight is 334 g/mol. The smallest absolute Gasteiger partial charge is 0.224 e. The molecule has 0 saturated heterocycles. The van der Waals surface area contributed by atoms with Gasteiger partial charge in [0.2, 0.25) is 5.91 Å². The first-order chi connectivity index (χ1) is 8.84. The molecule has 1 amide bonds. The Morgan fingerprint density at radius 2 is 2.00 bits per heavy atom. The van der Waals surface area contributed by atoms with Gasteiger partial charge in [-0.25, -0.2) is 8.78 Å². The molecule has 0 spiro atoms. The number of nitrogens with one attached hydrogen (secondary N) is 1. The quantitative estimate of drug-likeness (QED) is 0.794. The van der Waals surface area contributed by atoms with E-state index in [0.29, 0.717) is 12.1 Å². The number of rotatable bonds is 6. The molecule has 19 heavy (non-hydrogen) atoms. The molecule has 1 aromatic rings. The minimum Gasteiger partial charge on any atom is -0.355 e. The van der Waals surface area contributed by atoms with Crippen LogP contribution in [-0.2, 0) is 11.2 Å². The number of hydrogen-bond acceptors (Lipinski definition) is 1. The summed E-state index contributed by atoms with van der Waals surface area (Å²) in [6.45, 7) is 4.68. The Balaban J connectivity index is 2.49. The first-order valence-corrected chi connectivity index (χ1v) is 7.23. The van der Waals surface area contributed by atoms with E-state index in [1.165, 1.54) is 6.07 Å². The zero-order valence-electron chi connectivity index (χ0n) is 11.1. The highest BCUT2D eigenvalue weighted by atomic mass is 79.9. The molecule has 0 saturated carbocycles. The standard InChI is InChI=1S/C14H18BrF2NO/c1-14(2,5-6-15)9-18-13(19)8-10-3-4-11(16)12(17)7-10/h3-4,7H,5-6,8-9H2,1-2H3,(H,18,19). The van der Waals surface area contributed by atoms with Crippen LogP contribution in [0.3, 0.4) is 0 Å². The van der Waals surface area contributed by atoms with Gasteiger partial charge in [-0.05, 0) is 29.5 Å². The molecular formula is C14H18BrF2NO. The van der Waals surface area contributed by atoms with Gasteiger partial charge in [0.1, 0.15) is 0 Å². The predicted molar refractivity (Wildman–Crippen MR) is 75.3 cm³/mol. The van der Waals surface area contributed by atoms with Gasteiger partial charge in [0.15, 0.2) is 11.6 Å². The topological polar surface area (TPSA) is 29.1 Å². The molecule has 1 aromatic carbocycles. The predicted octanol–water partition coefficient (Wildman–Crippen LogP) is 3.43. The minimum absolute atomic E-state index is 0.00715. The van der Waals surface area contributed by atoms with E-state index in [0.717, 1.165) is 23.9 Å². The molecule has 0 unspecified atom stereocenters. The summed E-state index contributed by atoms with van der Waals surface area (Å²) in [6.07, 6.45) is 1.00. The van der Waals surface area contributed by atoms with E-state index in [4.69, 9.17) is 0 Å². The maximum atomic E-state index is 13.0. The van der Waals surface area contributed by atoms with Crippen LogP contribution in [0.15, 0.2) is 18.2 Å². The van der Waals surface area contributed by atoms with Crippen molar-refractivity contribution in [3.8, 4) is 0 Å². The Bertz CT molecular complexity index is 449. The SMILES string of the molecule is CC(C)(CCBr)CNC(=O)Cc1ccc(F)c(F)c1. The van der Waals surface area contributed by atoms with Crippen LogP contribution in [0, 0.1) is 17.0 Å². The van der Waals surface area contributed by atoms with Gasteiger partial charge in [-0.2, -0.15) is 0 Å². The molecule has 0 bridgehead atoms. The van der Waals surface area contributed by atoms with Crippen LogP contribution < -0.4 is 5.32 Å². The highest BCUT2D eigenvalue weighted by molar-refractivity contribution is 9.09. The summed E-state index contributed by atoms with van der Waals surface area (Å²) in [5.41, 5.74) is 0.474. The third-order valence-corrected chi connectivity index (χ3v) is 3.28. The summed E-state index contributed by atoms with van der Waals surface area (Å²) in [5.74, 6) is -2.01. The molecule has 0 heterocycles. The minimum atomic E-state index is -0.926. The molecule has 1 N–H and O–H groups in total. The average Bonchev–Trinajstić information content (AvgIpc) is 2.32. The monoisotopic (exact) mass is 333 g/mol. The molecular weight excluding hydrogens is 316 g/mol. The third kappa shape index (κ3) is 5.68. The van der Waals surface area contributed by atoms with Gasteiger partial charge in [-0.3, -0.25) is 4.79 Å². The van der Waals surface area contributed by atoms with E-state index < -0.39 is 11.6 Å². The summed E-state index contributed by atoms with van der Waals surface area (Å²) in [7, 11) is 0. The number of halogens is 3. The molecule has 0 aliphatic carbocycles. The maximum Gasteiger partial charge on any atom is 0.224 e. The van der Waals surface area contributed by atoms with E-state index in [2.05, 4.69) is 35.1 Å². The summed E-state index contributed by atoms with van der Waals surface area (Å²) in [5, 5.41) is 3.69. The molecule has 0 aliphatic heterocycles. The second-order valence-corrected chi connectivity index (χ2v) is 6.10.